The van der Waals surface area contributed by atoms with Crippen molar-refractivity contribution in [3.8, 4) is 5.75 Å². The molecule has 0 bridgehead atoms. The van der Waals surface area contributed by atoms with Crippen LogP contribution in [0.1, 0.15) is 29.2 Å². The second kappa shape index (κ2) is 8.01. The summed E-state index contributed by atoms with van der Waals surface area (Å²) in [5.74, 6) is 0.808. The highest BCUT2D eigenvalue weighted by molar-refractivity contribution is 8.18. The van der Waals surface area contributed by atoms with Crippen molar-refractivity contribution in [2.24, 2.45) is 4.99 Å². The molecule has 0 unspecified atom stereocenters. The van der Waals surface area contributed by atoms with Crippen molar-refractivity contribution in [1.82, 2.24) is 4.90 Å². The second-order valence-corrected chi connectivity index (χ2v) is 7.58. The number of aryl methyl sites for hydroxylation is 3. The van der Waals surface area contributed by atoms with Gasteiger partial charge in [-0.3, -0.25) is 9.69 Å². The van der Waals surface area contributed by atoms with Crippen LogP contribution >= 0.6 is 11.8 Å². The van der Waals surface area contributed by atoms with Crippen molar-refractivity contribution >= 4 is 34.6 Å². The molecule has 0 N–H and O–H groups in total. The van der Waals surface area contributed by atoms with E-state index in [-0.39, 0.29) is 5.91 Å². The highest BCUT2D eigenvalue weighted by atomic mass is 32.2. The second-order valence-electron chi connectivity index (χ2n) is 6.57. The van der Waals surface area contributed by atoms with Crippen LogP contribution in [0.3, 0.4) is 0 Å². The number of likely N-dealkylation sites (N-methyl/N-ethyl adjacent to an activating group) is 1. The first kappa shape index (κ1) is 19.2. The number of hydrogen-bond donors (Lipinski definition) is 0. The number of ether oxygens (including phenoxy) is 1. The number of rotatable bonds is 4. The van der Waals surface area contributed by atoms with Gasteiger partial charge in [-0.2, -0.15) is 0 Å². The molecule has 0 saturated carbocycles. The van der Waals surface area contributed by atoms with Crippen molar-refractivity contribution in [2.45, 2.75) is 27.7 Å². The number of methoxy groups -OCH3 is 1. The first-order valence-corrected chi connectivity index (χ1v) is 9.76. The molecule has 3 rings (SSSR count). The third-order valence-corrected chi connectivity index (χ3v) is 5.52. The average Bonchev–Trinajstić information content (AvgIpc) is 2.94. The van der Waals surface area contributed by atoms with Gasteiger partial charge in [0.15, 0.2) is 5.17 Å². The van der Waals surface area contributed by atoms with Gasteiger partial charge in [-0.15, -0.1) is 0 Å². The Hall–Kier alpha value is -2.53. The molecule has 1 aliphatic rings. The fourth-order valence-corrected chi connectivity index (χ4v) is 3.95. The molecular formula is C22H24N2O2S. The van der Waals surface area contributed by atoms with Gasteiger partial charge >= 0.3 is 0 Å². The standard InChI is InChI=1S/C22H24N2O2S/c1-6-24-21(25)20(13-17-10-9-16(4)19(12-17)26-5)27-22(24)23-18-11-14(2)7-8-15(18)3/h7-13H,6H2,1-5H3/b20-13+,23-22?. The summed E-state index contributed by atoms with van der Waals surface area (Å²) in [7, 11) is 1.66. The number of hydrogen-bond acceptors (Lipinski definition) is 4. The van der Waals surface area contributed by atoms with E-state index in [1.165, 1.54) is 11.8 Å². The van der Waals surface area contributed by atoms with Crippen LogP contribution < -0.4 is 4.74 Å². The molecule has 2 aromatic carbocycles. The molecule has 1 amide bonds. The quantitative estimate of drug-likeness (QED) is 0.681. The lowest BCUT2D eigenvalue weighted by molar-refractivity contribution is -0.122. The van der Waals surface area contributed by atoms with Gasteiger partial charge in [-0.25, -0.2) is 4.99 Å². The minimum atomic E-state index is -0.00824. The summed E-state index contributed by atoms with van der Waals surface area (Å²) >= 11 is 1.42. The van der Waals surface area contributed by atoms with E-state index >= 15 is 0 Å². The first-order chi connectivity index (χ1) is 12.9. The van der Waals surface area contributed by atoms with E-state index < -0.39 is 0 Å². The number of nitrogens with zero attached hydrogens (tertiary/aromatic N) is 2. The van der Waals surface area contributed by atoms with Crippen LogP contribution in [0.15, 0.2) is 46.3 Å². The van der Waals surface area contributed by atoms with E-state index in [9.17, 15) is 4.79 Å². The smallest absolute Gasteiger partial charge is 0.266 e. The lowest BCUT2D eigenvalue weighted by atomic mass is 10.1. The van der Waals surface area contributed by atoms with E-state index in [0.717, 1.165) is 38.9 Å². The maximum Gasteiger partial charge on any atom is 0.266 e. The zero-order valence-corrected chi connectivity index (χ0v) is 17.2. The van der Waals surface area contributed by atoms with Crippen LogP contribution in [-0.2, 0) is 4.79 Å². The Labute approximate surface area is 164 Å². The lowest BCUT2D eigenvalue weighted by Crippen LogP contribution is -2.28. The number of amides is 1. The van der Waals surface area contributed by atoms with Gasteiger partial charge in [-0.05, 0) is 79.9 Å². The van der Waals surface area contributed by atoms with Gasteiger partial charge in [0.1, 0.15) is 5.75 Å². The molecule has 1 saturated heterocycles. The van der Waals surface area contributed by atoms with E-state index in [2.05, 4.69) is 12.1 Å². The van der Waals surface area contributed by atoms with Crippen molar-refractivity contribution in [1.29, 1.82) is 0 Å². The molecule has 1 fully saturated rings. The van der Waals surface area contributed by atoms with Crippen LogP contribution in [0.2, 0.25) is 0 Å². The predicted molar refractivity (Wildman–Crippen MR) is 114 cm³/mol. The molecule has 27 heavy (non-hydrogen) atoms. The van der Waals surface area contributed by atoms with Crippen molar-refractivity contribution < 1.29 is 9.53 Å². The van der Waals surface area contributed by atoms with Gasteiger partial charge in [0.05, 0.1) is 17.7 Å². The minimum absolute atomic E-state index is 0.00824. The van der Waals surface area contributed by atoms with Crippen LogP contribution in [-0.4, -0.2) is 29.6 Å². The fraction of sp³-hybridized carbons (Fsp3) is 0.273. The van der Waals surface area contributed by atoms with Gasteiger partial charge in [0, 0.05) is 6.54 Å². The average molecular weight is 381 g/mol. The molecule has 140 valence electrons. The topological polar surface area (TPSA) is 41.9 Å². The molecule has 0 spiro atoms. The summed E-state index contributed by atoms with van der Waals surface area (Å²) in [6.45, 7) is 8.63. The Morgan fingerprint density at radius 2 is 1.85 bits per heavy atom. The van der Waals surface area contributed by atoms with Gasteiger partial charge in [0.25, 0.3) is 5.91 Å². The molecule has 4 nitrogen and oxygen atoms in total. The van der Waals surface area contributed by atoms with Gasteiger partial charge in [0.2, 0.25) is 0 Å². The van der Waals surface area contributed by atoms with Gasteiger partial charge in [-0.1, -0.05) is 24.3 Å². The fourth-order valence-electron chi connectivity index (χ4n) is 2.89. The van der Waals surface area contributed by atoms with Crippen LogP contribution in [0, 0.1) is 20.8 Å². The van der Waals surface area contributed by atoms with Crippen LogP contribution in [0.4, 0.5) is 5.69 Å². The third-order valence-electron chi connectivity index (χ3n) is 4.51. The summed E-state index contributed by atoms with van der Waals surface area (Å²) in [5, 5.41) is 0.724. The monoisotopic (exact) mass is 380 g/mol. The lowest BCUT2D eigenvalue weighted by Gasteiger charge is -2.12. The zero-order chi connectivity index (χ0) is 19.6. The van der Waals surface area contributed by atoms with Gasteiger partial charge < -0.3 is 4.74 Å². The Bertz CT molecular complexity index is 947. The molecular weight excluding hydrogens is 356 g/mol. The van der Waals surface area contributed by atoms with E-state index in [4.69, 9.17) is 9.73 Å². The number of amidine groups is 1. The van der Waals surface area contributed by atoms with Crippen LogP contribution in [0.25, 0.3) is 6.08 Å². The molecule has 1 aliphatic heterocycles. The highest BCUT2D eigenvalue weighted by Gasteiger charge is 2.32. The van der Waals surface area contributed by atoms with E-state index in [1.807, 2.05) is 58.0 Å². The minimum Gasteiger partial charge on any atom is -0.496 e. The molecule has 2 aromatic rings. The summed E-state index contributed by atoms with van der Waals surface area (Å²) in [6.07, 6.45) is 1.91. The zero-order valence-electron chi connectivity index (χ0n) is 16.4. The SMILES string of the molecule is CCN1C(=O)/C(=C\c2ccc(C)c(OC)c2)SC1=Nc1cc(C)ccc1C. The normalized spacial score (nSPS) is 17.2. The summed E-state index contributed by atoms with van der Waals surface area (Å²) in [4.78, 5) is 20.0. The molecule has 0 atom stereocenters. The van der Waals surface area contributed by atoms with Crippen LogP contribution in [0.5, 0.6) is 5.75 Å². The number of benzene rings is 2. The molecule has 1 heterocycles. The summed E-state index contributed by atoms with van der Waals surface area (Å²) in [5.41, 5.74) is 5.16. The largest absolute Gasteiger partial charge is 0.496 e. The number of aliphatic imine (C=N–C) groups is 1. The maximum absolute atomic E-state index is 12.8. The number of carbonyl (C=O) groups excluding carboxylic acids is 1. The Kier molecular flexibility index (Phi) is 5.71. The Morgan fingerprint density at radius 1 is 1.11 bits per heavy atom. The molecule has 0 aliphatic carbocycles. The number of carbonyl (C=O) groups is 1. The summed E-state index contributed by atoms with van der Waals surface area (Å²) < 4.78 is 5.39. The first-order valence-electron chi connectivity index (χ1n) is 8.95. The molecule has 0 aromatic heterocycles. The third kappa shape index (κ3) is 4.08. The molecule has 0 radical (unpaired) electrons. The Morgan fingerprint density at radius 3 is 2.56 bits per heavy atom. The maximum atomic E-state index is 12.8. The highest BCUT2D eigenvalue weighted by Crippen LogP contribution is 2.35. The summed E-state index contributed by atoms with van der Waals surface area (Å²) in [6, 6.07) is 12.1. The van der Waals surface area contributed by atoms with Crippen molar-refractivity contribution in [3.05, 3.63) is 63.6 Å². The molecule has 5 heteroatoms. The van der Waals surface area contributed by atoms with Crippen molar-refractivity contribution in [3.63, 3.8) is 0 Å². The van der Waals surface area contributed by atoms with E-state index in [0.29, 0.717) is 11.4 Å². The van der Waals surface area contributed by atoms with E-state index in [1.54, 1.807) is 12.0 Å². The van der Waals surface area contributed by atoms with Crippen molar-refractivity contribution in [2.75, 3.05) is 13.7 Å². The number of thioether (sulfide) groups is 1. The Balaban J connectivity index is 1.97. The predicted octanol–water partition coefficient (Wildman–Crippen LogP) is 5.24.